The molecule has 0 aliphatic carbocycles. The minimum Gasteiger partial charge on any atom is -0.465 e. The summed E-state index contributed by atoms with van der Waals surface area (Å²) in [6.45, 7) is 1.73. The number of aromatic nitrogens is 1. The summed E-state index contributed by atoms with van der Waals surface area (Å²) in [5.74, 6) is -0.662. The Labute approximate surface area is 142 Å². The van der Waals surface area contributed by atoms with Crippen molar-refractivity contribution in [3.63, 3.8) is 0 Å². The highest BCUT2D eigenvalue weighted by molar-refractivity contribution is 6.32. The fraction of sp³-hybridized carbons (Fsp3) is 0.200. The predicted octanol–water partition coefficient (Wildman–Crippen LogP) is 5.04. The minimum absolute atomic E-state index is 0.0596. The van der Waals surface area contributed by atoms with Gasteiger partial charge in [0.25, 0.3) is 0 Å². The van der Waals surface area contributed by atoms with E-state index in [1.807, 2.05) is 0 Å². The Hall–Kier alpha value is -2.05. The molecule has 0 saturated heterocycles. The van der Waals surface area contributed by atoms with Crippen molar-refractivity contribution in [3.8, 4) is 11.5 Å². The SMILES string of the molecule is CC[C@@H](NC(=O)O)c1ccc(Cl)c(Oc2ccnc(Cl)c2)c1F. The Balaban J connectivity index is 2.40. The van der Waals surface area contributed by atoms with E-state index in [0.29, 0.717) is 6.42 Å². The molecule has 1 atom stereocenters. The van der Waals surface area contributed by atoms with Gasteiger partial charge in [0.15, 0.2) is 11.6 Å². The number of nitrogens with one attached hydrogen (secondary N) is 1. The molecule has 5 nitrogen and oxygen atoms in total. The average molecular weight is 359 g/mol. The average Bonchev–Trinajstić information content (AvgIpc) is 2.49. The van der Waals surface area contributed by atoms with Crippen molar-refractivity contribution >= 4 is 29.3 Å². The summed E-state index contributed by atoms with van der Waals surface area (Å²) in [6.07, 6.45) is 0.536. The second-order valence-electron chi connectivity index (χ2n) is 4.61. The maximum atomic E-state index is 14.7. The Morgan fingerprint density at radius 2 is 2.17 bits per heavy atom. The second-order valence-corrected chi connectivity index (χ2v) is 5.40. The highest BCUT2D eigenvalue weighted by Gasteiger charge is 2.21. The lowest BCUT2D eigenvalue weighted by molar-refractivity contribution is 0.189. The van der Waals surface area contributed by atoms with Gasteiger partial charge < -0.3 is 15.2 Å². The number of ether oxygens (including phenoxy) is 1. The quantitative estimate of drug-likeness (QED) is 0.734. The van der Waals surface area contributed by atoms with E-state index in [1.165, 1.54) is 30.5 Å². The van der Waals surface area contributed by atoms with Gasteiger partial charge in [0.05, 0.1) is 11.1 Å². The number of rotatable bonds is 5. The smallest absolute Gasteiger partial charge is 0.405 e. The predicted molar refractivity (Wildman–Crippen MR) is 84.9 cm³/mol. The van der Waals surface area contributed by atoms with Crippen molar-refractivity contribution in [2.75, 3.05) is 0 Å². The summed E-state index contributed by atoms with van der Waals surface area (Å²) in [5.41, 5.74) is 0.148. The highest BCUT2D eigenvalue weighted by atomic mass is 35.5. The molecule has 122 valence electrons. The van der Waals surface area contributed by atoms with Crippen LogP contribution in [0.15, 0.2) is 30.5 Å². The number of hydrogen-bond acceptors (Lipinski definition) is 3. The largest absolute Gasteiger partial charge is 0.465 e. The number of halogens is 3. The third kappa shape index (κ3) is 4.24. The lowest BCUT2D eigenvalue weighted by Crippen LogP contribution is -2.27. The zero-order valence-corrected chi connectivity index (χ0v) is 13.5. The van der Waals surface area contributed by atoms with Gasteiger partial charge in [-0.3, -0.25) is 0 Å². The van der Waals surface area contributed by atoms with E-state index >= 15 is 0 Å². The number of carbonyl (C=O) groups is 1. The van der Waals surface area contributed by atoms with Gasteiger partial charge >= 0.3 is 6.09 Å². The van der Waals surface area contributed by atoms with Crippen LogP contribution in [-0.4, -0.2) is 16.2 Å². The van der Waals surface area contributed by atoms with E-state index < -0.39 is 18.0 Å². The van der Waals surface area contributed by atoms with E-state index in [1.54, 1.807) is 6.92 Å². The lowest BCUT2D eigenvalue weighted by Gasteiger charge is -2.18. The van der Waals surface area contributed by atoms with Gasteiger partial charge in [-0.2, -0.15) is 0 Å². The Kier molecular flexibility index (Phi) is 5.63. The van der Waals surface area contributed by atoms with Gasteiger partial charge in [-0.25, -0.2) is 14.2 Å². The Morgan fingerprint density at radius 1 is 1.43 bits per heavy atom. The molecule has 2 N–H and O–H groups in total. The van der Waals surface area contributed by atoms with Crippen LogP contribution in [0.1, 0.15) is 24.9 Å². The molecule has 0 bridgehead atoms. The fourth-order valence-corrected chi connectivity index (χ4v) is 2.37. The van der Waals surface area contributed by atoms with E-state index in [-0.39, 0.29) is 27.2 Å². The maximum Gasteiger partial charge on any atom is 0.405 e. The number of amides is 1. The summed E-state index contributed by atoms with van der Waals surface area (Å²) in [5, 5.41) is 11.3. The van der Waals surface area contributed by atoms with Crippen LogP contribution < -0.4 is 10.1 Å². The molecular weight excluding hydrogens is 346 g/mol. The Morgan fingerprint density at radius 3 is 2.78 bits per heavy atom. The van der Waals surface area contributed by atoms with Crippen molar-refractivity contribution in [2.45, 2.75) is 19.4 Å². The molecule has 0 aliphatic heterocycles. The summed E-state index contributed by atoms with van der Waals surface area (Å²) in [4.78, 5) is 14.6. The van der Waals surface area contributed by atoms with Crippen molar-refractivity contribution in [2.24, 2.45) is 0 Å². The molecular formula is C15H13Cl2FN2O3. The van der Waals surface area contributed by atoms with Gasteiger partial charge in [0, 0.05) is 17.8 Å². The van der Waals surface area contributed by atoms with Gasteiger partial charge in [0.2, 0.25) is 0 Å². The monoisotopic (exact) mass is 358 g/mol. The van der Waals surface area contributed by atoms with Crippen LogP contribution in [0.3, 0.4) is 0 Å². The van der Waals surface area contributed by atoms with Crippen LogP contribution in [0.2, 0.25) is 10.2 Å². The van der Waals surface area contributed by atoms with Crippen LogP contribution in [0.25, 0.3) is 0 Å². The van der Waals surface area contributed by atoms with Crippen molar-refractivity contribution < 1.29 is 19.0 Å². The zero-order valence-electron chi connectivity index (χ0n) is 12.0. The summed E-state index contributed by atoms with van der Waals surface area (Å²) in [6, 6.07) is 5.07. The molecule has 0 aliphatic rings. The maximum absolute atomic E-state index is 14.7. The molecule has 0 spiro atoms. The van der Waals surface area contributed by atoms with E-state index in [2.05, 4.69) is 10.3 Å². The van der Waals surface area contributed by atoms with E-state index in [0.717, 1.165) is 0 Å². The Bertz CT molecular complexity index is 728. The summed E-state index contributed by atoms with van der Waals surface area (Å²) >= 11 is 11.8. The minimum atomic E-state index is -1.24. The van der Waals surface area contributed by atoms with E-state index in [9.17, 15) is 9.18 Å². The molecule has 0 fully saturated rings. The van der Waals surface area contributed by atoms with Gasteiger partial charge in [-0.15, -0.1) is 0 Å². The van der Waals surface area contributed by atoms with Gasteiger partial charge in [-0.1, -0.05) is 36.2 Å². The normalized spacial score (nSPS) is 11.8. The van der Waals surface area contributed by atoms with Crippen LogP contribution in [0.4, 0.5) is 9.18 Å². The number of carboxylic acid groups (broad SMARTS) is 1. The van der Waals surface area contributed by atoms with Crippen LogP contribution in [0, 0.1) is 5.82 Å². The first kappa shape index (κ1) is 17.3. The molecule has 0 radical (unpaired) electrons. The fourth-order valence-electron chi connectivity index (χ4n) is 2.03. The molecule has 1 heterocycles. The van der Waals surface area contributed by atoms with Crippen molar-refractivity contribution in [1.29, 1.82) is 0 Å². The topological polar surface area (TPSA) is 71.5 Å². The first-order chi connectivity index (χ1) is 10.9. The lowest BCUT2D eigenvalue weighted by atomic mass is 10.0. The molecule has 1 aromatic heterocycles. The summed E-state index contributed by atoms with van der Waals surface area (Å²) in [7, 11) is 0. The number of nitrogens with zero attached hydrogens (tertiary/aromatic N) is 1. The number of benzene rings is 1. The van der Waals surface area contributed by atoms with Crippen LogP contribution in [0.5, 0.6) is 11.5 Å². The second kappa shape index (κ2) is 7.48. The first-order valence-corrected chi connectivity index (χ1v) is 7.44. The van der Waals surface area contributed by atoms with Gasteiger partial charge in [-0.05, 0) is 18.6 Å². The standard InChI is InChI=1S/C15H13Cl2FN2O3/c1-2-11(20-15(21)22)9-3-4-10(16)14(13(9)18)23-8-5-6-19-12(17)7-8/h3-7,11,20H,2H2,1H3,(H,21,22)/t11-/m1/s1. The molecule has 1 aromatic carbocycles. The molecule has 23 heavy (non-hydrogen) atoms. The molecule has 0 unspecified atom stereocenters. The molecule has 1 amide bonds. The molecule has 0 saturated carbocycles. The third-order valence-electron chi connectivity index (χ3n) is 3.08. The number of hydrogen-bond donors (Lipinski definition) is 2. The summed E-state index contributed by atoms with van der Waals surface area (Å²) < 4.78 is 20.2. The molecule has 8 heteroatoms. The molecule has 2 aromatic rings. The van der Waals surface area contributed by atoms with Gasteiger partial charge in [0.1, 0.15) is 10.9 Å². The molecule has 2 rings (SSSR count). The van der Waals surface area contributed by atoms with Crippen LogP contribution in [-0.2, 0) is 0 Å². The van der Waals surface area contributed by atoms with Crippen molar-refractivity contribution in [3.05, 3.63) is 52.0 Å². The zero-order chi connectivity index (χ0) is 17.0. The number of pyridine rings is 1. The first-order valence-electron chi connectivity index (χ1n) is 6.69. The highest BCUT2D eigenvalue weighted by Crippen LogP contribution is 2.36. The third-order valence-corrected chi connectivity index (χ3v) is 3.58. The van der Waals surface area contributed by atoms with Crippen LogP contribution >= 0.6 is 23.2 Å². The van der Waals surface area contributed by atoms with Crippen molar-refractivity contribution in [1.82, 2.24) is 10.3 Å². The van der Waals surface area contributed by atoms with E-state index in [4.69, 9.17) is 33.0 Å².